The van der Waals surface area contributed by atoms with E-state index in [4.69, 9.17) is 5.11 Å². The van der Waals surface area contributed by atoms with Crippen molar-refractivity contribution in [3.63, 3.8) is 0 Å². The molecule has 1 aromatic carbocycles. The maximum absolute atomic E-state index is 11.1. The molecule has 0 bridgehead atoms. The smallest absolute Gasteiger partial charge is 0.337 e. The summed E-state index contributed by atoms with van der Waals surface area (Å²) in [6.07, 6.45) is 0. The van der Waals surface area contributed by atoms with E-state index in [9.17, 15) is 4.79 Å². The van der Waals surface area contributed by atoms with Crippen LogP contribution >= 0.6 is 27.3 Å². The summed E-state index contributed by atoms with van der Waals surface area (Å²) in [4.78, 5) is 12.3. The number of halogens is 1. The molecule has 0 spiro atoms. The van der Waals surface area contributed by atoms with Crippen molar-refractivity contribution >= 4 is 38.9 Å². The van der Waals surface area contributed by atoms with Gasteiger partial charge in [0.05, 0.1) is 5.56 Å². The quantitative estimate of drug-likeness (QED) is 0.888. The number of rotatable bonds is 4. The van der Waals surface area contributed by atoms with Gasteiger partial charge in [0.25, 0.3) is 0 Å². The number of carboxylic acid groups (broad SMARTS) is 1. The zero-order chi connectivity index (χ0) is 13.1. The fourth-order valence-corrected chi connectivity index (χ4v) is 3.01. The maximum atomic E-state index is 11.1. The van der Waals surface area contributed by atoms with Crippen LogP contribution in [0.3, 0.4) is 0 Å². The highest BCUT2D eigenvalue weighted by atomic mass is 79.9. The Labute approximate surface area is 118 Å². The molecule has 5 heteroatoms. The van der Waals surface area contributed by atoms with Crippen molar-refractivity contribution in [2.75, 3.05) is 5.32 Å². The fraction of sp³-hybridized carbons (Fsp3) is 0.154. The summed E-state index contributed by atoms with van der Waals surface area (Å²) in [5.74, 6) is -0.909. The molecule has 0 saturated carbocycles. The standard InChI is InChI=1S/C13H12BrNO2S/c1-8-2-3-12(11(4-8)13(16)17)15-6-10-5-9(14)7-18-10/h2-5,7,15H,6H2,1H3,(H,16,17). The Bertz CT molecular complexity index is 580. The highest BCUT2D eigenvalue weighted by Gasteiger charge is 2.10. The van der Waals surface area contributed by atoms with Gasteiger partial charge in [-0.25, -0.2) is 4.79 Å². The van der Waals surface area contributed by atoms with E-state index in [1.54, 1.807) is 23.5 Å². The van der Waals surface area contributed by atoms with Gasteiger partial charge in [-0.15, -0.1) is 11.3 Å². The van der Waals surface area contributed by atoms with Crippen LogP contribution in [-0.4, -0.2) is 11.1 Å². The monoisotopic (exact) mass is 325 g/mol. The van der Waals surface area contributed by atoms with Gasteiger partial charge in [-0.3, -0.25) is 0 Å². The maximum Gasteiger partial charge on any atom is 0.337 e. The van der Waals surface area contributed by atoms with Gasteiger partial charge in [0.1, 0.15) is 0 Å². The molecule has 0 atom stereocenters. The van der Waals surface area contributed by atoms with Crippen molar-refractivity contribution in [2.45, 2.75) is 13.5 Å². The van der Waals surface area contributed by atoms with E-state index in [0.717, 1.165) is 14.9 Å². The van der Waals surface area contributed by atoms with E-state index in [1.165, 1.54) is 0 Å². The van der Waals surface area contributed by atoms with Gasteiger partial charge in [-0.2, -0.15) is 0 Å². The van der Waals surface area contributed by atoms with Gasteiger partial charge < -0.3 is 10.4 Å². The van der Waals surface area contributed by atoms with E-state index in [0.29, 0.717) is 17.8 Å². The second-order valence-corrected chi connectivity index (χ2v) is 5.85. The van der Waals surface area contributed by atoms with Crippen LogP contribution in [0.5, 0.6) is 0 Å². The van der Waals surface area contributed by atoms with Crippen molar-refractivity contribution in [1.29, 1.82) is 0 Å². The van der Waals surface area contributed by atoms with E-state index >= 15 is 0 Å². The number of benzene rings is 1. The normalized spacial score (nSPS) is 10.3. The number of thiophene rings is 1. The minimum atomic E-state index is -0.909. The molecule has 2 aromatic rings. The van der Waals surface area contributed by atoms with Crippen LogP contribution in [0.2, 0.25) is 0 Å². The number of carboxylic acids is 1. The van der Waals surface area contributed by atoms with Gasteiger partial charge in [-0.1, -0.05) is 11.6 Å². The topological polar surface area (TPSA) is 49.3 Å². The SMILES string of the molecule is Cc1ccc(NCc2cc(Br)cs2)c(C(=O)O)c1. The van der Waals surface area contributed by atoms with Crippen LogP contribution in [0.15, 0.2) is 34.1 Å². The van der Waals surface area contributed by atoms with E-state index in [2.05, 4.69) is 21.2 Å². The van der Waals surface area contributed by atoms with Gasteiger partial charge in [-0.05, 0) is 41.1 Å². The Hall–Kier alpha value is -1.33. The Morgan fingerprint density at radius 1 is 1.44 bits per heavy atom. The van der Waals surface area contributed by atoms with Crippen LogP contribution in [0, 0.1) is 6.92 Å². The summed E-state index contributed by atoms with van der Waals surface area (Å²) in [6, 6.07) is 7.40. The molecule has 0 aliphatic heterocycles. The molecule has 1 aromatic heterocycles. The molecule has 0 unspecified atom stereocenters. The highest BCUT2D eigenvalue weighted by Crippen LogP contribution is 2.22. The van der Waals surface area contributed by atoms with Gasteiger partial charge >= 0.3 is 5.97 Å². The van der Waals surface area contributed by atoms with Crippen LogP contribution in [0.4, 0.5) is 5.69 Å². The Morgan fingerprint density at radius 3 is 2.83 bits per heavy atom. The van der Waals surface area contributed by atoms with Gasteiger partial charge in [0.15, 0.2) is 0 Å². The van der Waals surface area contributed by atoms with Gasteiger partial charge in [0.2, 0.25) is 0 Å². The predicted octanol–water partition coefficient (Wildman–Crippen LogP) is 4.13. The average molecular weight is 326 g/mol. The average Bonchev–Trinajstić information content (AvgIpc) is 2.73. The lowest BCUT2D eigenvalue weighted by Gasteiger charge is -2.09. The van der Waals surface area contributed by atoms with Crippen LogP contribution < -0.4 is 5.32 Å². The lowest BCUT2D eigenvalue weighted by molar-refractivity contribution is 0.0698. The summed E-state index contributed by atoms with van der Waals surface area (Å²) in [7, 11) is 0. The van der Waals surface area contributed by atoms with Gasteiger partial charge in [0, 0.05) is 27.0 Å². The van der Waals surface area contributed by atoms with Crippen LogP contribution in [-0.2, 0) is 6.54 Å². The lowest BCUT2D eigenvalue weighted by Crippen LogP contribution is -2.06. The first-order valence-electron chi connectivity index (χ1n) is 5.37. The third-order valence-electron chi connectivity index (χ3n) is 2.48. The predicted molar refractivity (Wildman–Crippen MR) is 77.5 cm³/mol. The van der Waals surface area contributed by atoms with Crippen molar-refractivity contribution in [3.8, 4) is 0 Å². The number of carbonyl (C=O) groups is 1. The van der Waals surface area contributed by atoms with Crippen LogP contribution in [0.25, 0.3) is 0 Å². The summed E-state index contributed by atoms with van der Waals surface area (Å²) in [5.41, 5.74) is 1.90. The first-order valence-corrected chi connectivity index (χ1v) is 7.04. The Morgan fingerprint density at radius 2 is 2.22 bits per heavy atom. The van der Waals surface area contributed by atoms with Crippen molar-refractivity contribution < 1.29 is 9.90 Å². The number of hydrogen-bond donors (Lipinski definition) is 2. The minimum Gasteiger partial charge on any atom is -0.478 e. The summed E-state index contributed by atoms with van der Waals surface area (Å²) < 4.78 is 1.05. The van der Waals surface area contributed by atoms with E-state index in [1.807, 2.05) is 24.4 Å². The third-order valence-corrected chi connectivity index (χ3v) is 4.18. The second kappa shape index (κ2) is 5.54. The Balaban J connectivity index is 2.16. The zero-order valence-corrected chi connectivity index (χ0v) is 12.1. The zero-order valence-electron chi connectivity index (χ0n) is 9.74. The molecule has 0 aliphatic carbocycles. The molecule has 0 amide bonds. The largest absolute Gasteiger partial charge is 0.478 e. The molecule has 0 radical (unpaired) electrons. The molecular formula is C13H12BrNO2S. The molecule has 0 fully saturated rings. The molecule has 2 N–H and O–H groups in total. The van der Waals surface area contributed by atoms with Crippen molar-refractivity contribution in [1.82, 2.24) is 0 Å². The number of anilines is 1. The number of aryl methyl sites for hydroxylation is 1. The number of nitrogens with one attached hydrogen (secondary N) is 1. The fourth-order valence-electron chi connectivity index (χ4n) is 1.62. The molecule has 0 saturated heterocycles. The Kier molecular flexibility index (Phi) is 4.04. The molecule has 94 valence electrons. The molecule has 0 aliphatic rings. The minimum absolute atomic E-state index is 0.311. The second-order valence-electron chi connectivity index (χ2n) is 3.94. The first kappa shape index (κ1) is 13.1. The summed E-state index contributed by atoms with van der Waals surface area (Å²) >= 11 is 5.02. The van der Waals surface area contributed by atoms with E-state index < -0.39 is 5.97 Å². The van der Waals surface area contributed by atoms with E-state index in [-0.39, 0.29) is 0 Å². The third kappa shape index (κ3) is 3.11. The molecular weight excluding hydrogens is 314 g/mol. The van der Waals surface area contributed by atoms with Crippen LogP contribution in [0.1, 0.15) is 20.8 Å². The van der Waals surface area contributed by atoms with Crippen molar-refractivity contribution in [3.05, 3.63) is 50.1 Å². The molecule has 2 rings (SSSR count). The lowest BCUT2D eigenvalue weighted by atomic mass is 10.1. The summed E-state index contributed by atoms with van der Waals surface area (Å²) in [5, 5.41) is 14.3. The number of hydrogen-bond acceptors (Lipinski definition) is 3. The molecule has 18 heavy (non-hydrogen) atoms. The summed E-state index contributed by atoms with van der Waals surface area (Å²) in [6.45, 7) is 2.51. The molecule has 1 heterocycles. The number of aromatic carboxylic acids is 1. The molecule has 3 nitrogen and oxygen atoms in total. The van der Waals surface area contributed by atoms with Crippen molar-refractivity contribution in [2.24, 2.45) is 0 Å². The first-order chi connectivity index (χ1) is 8.56. The highest BCUT2D eigenvalue weighted by molar-refractivity contribution is 9.10.